The van der Waals surface area contributed by atoms with Crippen molar-refractivity contribution in [3.8, 4) is 11.4 Å². The Morgan fingerprint density at radius 1 is 0.947 bits per heavy atom. The second-order valence-corrected chi connectivity index (χ2v) is 9.87. The van der Waals surface area contributed by atoms with E-state index in [1.54, 1.807) is 0 Å². The van der Waals surface area contributed by atoms with E-state index in [2.05, 4.69) is 39.6 Å². The summed E-state index contributed by atoms with van der Waals surface area (Å²) >= 11 is 6.08. The molecule has 2 amide bonds. The summed E-state index contributed by atoms with van der Waals surface area (Å²) < 4.78 is 0. The Morgan fingerprint density at radius 3 is 2.32 bits per heavy atom. The average Bonchev–Trinajstić information content (AvgIpc) is 2.94. The molecule has 2 aromatic carbocycles. The van der Waals surface area contributed by atoms with Gasteiger partial charge in [0.1, 0.15) is 11.6 Å². The van der Waals surface area contributed by atoms with Crippen LogP contribution in [0.4, 0.5) is 11.6 Å². The molecule has 0 unspecified atom stereocenters. The fourth-order valence-corrected chi connectivity index (χ4v) is 4.49. The summed E-state index contributed by atoms with van der Waals surface area (Å²) in [6, 6.07) is 17.4. The molecular formula is C29H35ClN6O2. The lowest BCUT2D eigenvalue weighted by atomic mass is 10.1. The number of hydrogen-bond donors (Lipinski definition) is 2. The van der Waals surface area contributed by atoms with Crippen LogP contribution in [0.2, 0.25) is 5.02 Å². The van der Waals surface area contributed by atoms with Gasteiger partial charge >= 0.3 is 0 Å². The molecule has 38 heavy (non-hydrogen) atoms. The van der Waals surface area contributed by atoms with Gasteiger partial charge in [0.2, 0.25) is 5.91 Å². The smallest absolute Gasteiger partial charge is 0.253 e. The van der Waals surface area contributed by atoms with Crippen molar-refractivity contribution in [1.82, 2.24) is 20.2 Å². The van der Waals surface area contributed by atoms with Gasteiger partial charge in [-0.1, -0.05) is 37.1 Å². The van der Waals surface area contributed by atoms with Crippen LogP contribution in [-0.4, -0.2) is 66.0 Å². The van der Waals surface area contributed by atoms with Gasteiger partial charge in [-0.2, -0.15) is 0 Å². The molecule has 2 heterocycles. The lowest BCUT2D eigenvalue weighted by molar-refractivity contribution is -0.118. The zero-order valence-corrected chi connectivity index (χ0v) is 22.8. The number of nitrogens with zero attached hydrogens (tertiary/aromatic N) is 4. The number of halogens is 1. The van der Waals surface area contributed by atoms with Crippen LogP contribution in [0.15, 0.2) is 54.6 Å². The van der Waals surface area contributed by atoms with E-state index < -0.39 is 0 Å². The number of rotatable bonds is 10. The van der Waals surface area contributed by atoms with E-state index in [0.717, 1.165) is 36.2 Å². The Kier molecular flexibility index (Phi) is 9.54. The summed E-state index contributed by atoms with van der Waals surface area (Å²) in [7, 11) is 0. The molecule has 8 nitrogen and oxygen atoms in total. The highest BCUT2D eigenvalue weighted by atomic mass is 35.5. The molecule has 3 aromatic rings. The number of anilines is 2. The van der Waals surface area contributed by atoms with E-state index in [-0.39, 0.29) is 11.8 Å². The van der Waals surface area contributed by atoms with Gasteiger partial charge in [-0.15, -0.1) is 0 Å². The van der Waals surface area contributed by atoms with Gasteiger partial charge in [0.25, 0.3) is 5.91 Å². The first-order valence-corrected chi connectivity index (χ1v) is 13.6. The fourth-order valence-electron chi connectivity index (χ4n) is 4.36. The van der Waals surface area contributed by atoms with E-state index in [0.29, 0.717) is 55.9 Å². The number of aromatic nitrogens is 2. The predicted molar refractivity (Wildman–Crippen MR) is 153 cm³/mol. The highest BCUT2D eigenvalue weighted by Crippen LogP contribution is 2.25. The summed E-state index contributed by atoms with van der Waals surface area (Å²) in [5.41, 5.74) is 2.86. The van der Waals surface area contributed by atoms with E-state index in [9.17, 15) is 9.59 Å². The van der Waals surface area contributed by atoms with E-state index in [1.807, 2.05) is 47.4 Å². The number of aryl methyl sites for hydroxylation is 1. The van der Waals surface area contributed by atoms with Crippen molar-refractivity contribution >= 4 is 35.1 Å². The molecule has 0 bridgehead atoms. The molecule has 0 saturated carbocycles. The SMILES string of the molecule is CCCCc1ccc(C(=O)N2CCN(c3cc(NCCNC(C)=O)nc(-c4ccc(Cl)cc4)n3)CC2)cc1. The third-order valence-electron chi connectivity index (χ3n) is 6.53. The normalized spacial score (nSPS) is 13.3. The Morgan fingerprint density at radius 2 is 1.66 bits per heavy atom. The van der Waals surface area contributed by atoms with Gasteiger partial charge < -0.3 is 20.4 Å². The molecule has 1 saturated heterocycles. The number of unbranched alkanes of at least 4 members (excludes halogenated alkanes) is 1. The van der Waals surface area contributed by atoms with Crippen molar-refractivity contribution in [3.63, 3.8) is 0 Å². The Bertz CT molecular complexity index is 1220. The van der Waals surface area contributed by atoms with Crippen molar-refractivity contribution in [3.05, 3.63) is 70.7 Å². The molecule has 4 rings (SSSR count). The first-order valence-electron chi connectivity index (χ1n) is 13.2. The van der Waals surface area contributed by atoms with Gasteiger partial charge in [-0.05, 0) is 54.8 Å². The molecule has 1 fully saturated rings. The van der Waals surface area contributed by atoms with Crippen molar-refractivity contribution in [2.75, 3.05) is 49.5 Å². The Balaban J connectivity index is 1.44. The minimum Gasteiger partial charge on any atom is -0.368 e. The molecular weight excluding hydrogens is 500 g/mol. The fraction of sp³-hybridized carbons (Fsp3) is 0.379. The standard InChI is InChI=1S/C29H35ClN6O2/c1-3-4-5-22-6-8-24(9-7-22)29(38)36-18-16-35(17-19-36)27-20-26(32-15-14-31-21(2)37)33-28(34-27)23-10-12-25(30)13-11-23/h6-13,20H,3-5,14-19H2,1-2H3,(H,31,37)(H,32,33,34). The first-order chi connectivity index (χ1) is 18.4. The zero-order valence-electron chi connectivity index (χ0n) is 22.0. The molecule has 0 aliphatic carbocycles. The number of nitrogens with one attached hydrogen (secondary N) is 2. The summed E-state index contributed by atoms with van der Waals surface area (Å²) in [6.45, 7) is 7.27. The quantitative estimate of drug-likeness (QED) is 0.368. The highest BCUT2D eigenvalue weighted by molar-refractivity contribution is 6.30. The van der Waals surface area contributed by atoms with Crippen LogP contribution >= 0.6 is 11.6 Å². The van der Waals surface area contributed by atoms with Crippen LogP contribution in [0.3, 0.4) is 0 Å². The van der Waals surface area contributed by atoms with Gasteiger partial charge in [-0.25, -0.2) is 9.97 Å². The maximum absolute atomic E-state index is 13.1. The van der Waals surface area contributed by atoms with Crippen LogP contribution in [0.5, 0.6) is 0 Å². The van der Waals surface area contributed by atoms with Gasteiger partial charge in [-0.3, -0.25) is 9.59 Å². The second kappa shape index (κ2) is 13.2. The molecule has 0 atom stereocenters. The largest absolute Gasteiger partial charge is 0.368 e. The minimum atomic E-state index is -0.0723. The van der Waals surface area contributed by atoms with Crippen LogP contribution in [0.1, 0.15) is 42.6 Å². The molecule has 1 aliphatic rings. The second-order valence-electron chi connectivity index (χ2n) is 9.43. The summed E-state index contributed by atoms with van der Waals surface area (Å²) in [4.78, 5) is 37.9. The van der Waals surface area contributed by atoms with Gasteiger partial charge in [0, 0.05) is 68.4 Å². The molecule has 1 aliphatic heterocycles. The molecule has 2 N–H and O–H groups in total. The average molecular weight is 535 g/mol. The molecule has 1 aromatic heterocycles. The topological polar surface area (TPSA) is 90.5 Å². The van der Waals surface area contributed by atoms with Crippen LogP contribution in [-0.2, 0) is 11.2 Å². The maximum Gasteiger partial charge on any atom is 0.253 e. The van der Waals surface area contributed by atoms with Crippen molar-refractivity contribution in [1.29, 1.82) is 0 Å². The molecule has 0 radical (unpaired) electrons. The number of piperazine rings is 1. The van der Waals surface area contributed by atoms with E-state index in [1.165, 1.54) is 12.5 Å². The third kappa shape index (κ3) is 7.44. The molecule has 0 spiro atoms. The zero-order chi connectivity index (χ0) is 26.9. The van der Waals surface area contributed by atoms with E-state index in [4.69, 9.17) is 16.6 Å². The highest BCUT2D eigenvalue weighted by Gasteiger charge is 2.24. The van der Waals surface area contributed by atoms with Gasteiger partial charge in [0.15, 0.2) is 5.82 Å². The lowest BCUT2D eigenvalue weighted by Gasteiger charge is -2.35. The van der Waals surface area contributed by atoms with Crippen molar-refractivity contribution in [2.45, 2.75) is 33.1 Å². The third-order valence-corrected chi connectivity index (χ3v) is 6.78. The van der Waals surface area contributed by atoms with Crippen molar-refractivity contribution in [2.24, 2.45) is 0 Å². The lowest BCUT2D eigenvalue weighted by Crippen LogP contribution is -2.49. The minimum absolute atomic E-state index is 0.0663. The molecule has 9 heteroatoms. The Hall–Kier alpha value is -3.65. The number of carbonyl (C=O) groups is 2. The Labute approximate surface area is 229 Å². The number of amides is 2. The van der Waals surface area contributed by atoms with E-state index >= 15 is 0 Å². The van der Waals surface area contributed by atoms with Crippen LogP contribution in [0.25, 0.3) is 11.4 Å². The number of carbonyl (C=O) groups excluding carboxylic acids is 2. The first kappa shape index (κ1) is 27.4. The number of hydrogen-bond acceptors (Lipinski definition) is 6. The summed E-state index contributed by atoms with van der Waals surface area (Å²) in [5.74, 6) is 2.04. The number of benzene rings is 2. The monoisotopic (exact) mass is 534 g/mol. The summed E-state index contributed by atoms with van der Waals surface area (Å²) in [6.07, 6.45) is 3.36. The molecule has 200 valence electrons. The van der Waals surface area contributed by atoms with Crippen LogP contribution < -0.4 is 15.5 Å². The predicted octanol–water partition coefficient (Wildman–Crippen LogP) is 4.65. The van der Waals surface area contributed by atoms with Gasteiger partial charge in [0.05, 0.1) is 0 Å². The van der Waals surface area contributed by atoms with Crippen molar-refractivity contribution < 1.29 is 9.59 Å². The summed E-state index contributed by atoms with van der Waals surface area (Å²) in [5, 5.41) is 6.71. The van der Waals surface area contributed by atoms with Crippen LogP contribution in [0, 0.1) is 0 Å². The maximum atomic E-state index is 13.1.